The predicted octanol–water partition coefficient (Wildman–Crippen LogP) is 2.78. The summed E-state index contributed by atoms with van der Waals surface area (Å²) in [5.74, 6) is -0.552. The van der Waals surface area contributed by atoms with Gasteiger partial charge in [-0.1, -0.05) is 18.2 Å². The van der Waals surface area contributed by atoms with E-state index in [9.17, 15) is 14.0 Å². The van der Waals surface area contributed by atoms with E-state index in [4.69, 9.17) is 0 Å². The first-order valence-electron chi connectivity index (χ1n) is 5.04. The van der Waals surface area contributed by atoms with E-state index in [1.54, 1.807) is 18.2 Å². The van der Waals surface area contributed by atoms with Crippen molar-refractivity contribution in [2.45, 2.75) is 19.8 Å². The molecule has 1 rings (SSSR count). The van der Waals surface area contributed by atoms with Crippen LogP contribution in [-0.4, -0.2) is 11.6 Å². The van der Waals surface area contributed by atoms with E-state index in [0.29, 0.717) is 5.56 Å². The SMILES string of the molecule is CC(=O)CCC(=O)/C=C/c1ccccc1F. The van der Waals surface area contributed by atoms with Crippen molar-refractivity contribution in [2.75, 3.05) is 0 Å². The third-order valence-corrected chi connectivity index (χ3v) is 2.08. The van der Waals surface area contributed by atoms with Crippen molar-refractivity contribution in [2.24, 2.45) is 0 Å². The van der Waals surface area contributed by atoms with Crippen LogP contribution in [0.1, 0.15) is 25.3 Å². The van der Waals surface area contributed by atoms with Crippen LogP contribution in [0.4, 0.5) is 4.39 Å². The van der Waals surface area contributed by atoms with Crippen molar-refractivity contribution in [3.8, 4) is 0 Å². The average Bonchev–Trinajstić information content (AvgIpc) is 2.25. The fourth-order valence-corrected chi connectivity index (χ4v) is 1.18. The van der Waals surface area contributed by atoms with E-state index in [1.807, 2.05) is 0 Å². The van der Waals surface area contributed by atoms with Crippen LogP contribution >= 0.6 is 0 Å². The van der Waals surface area contributed by atoms with Gasteiger partial charge in [0.05, 0.1) is 0 Å². The monoisotopic (exact) mass is 220 g/mol. The Hall–Kier alpha value is -1.77. The number of benzene rings is 1. The molecule has 3 heteroatoms. The van der Waals surface area contributed by atoms with Crippen molar-refractivity contribution in [3.63, 3.8) is 0 Å². The van der Waals surface area contributed by atoms with Gasteiger partial charge in [0.2, 0.25) is 0 Å². The molecule has 0 unspecified atom stereocenters. The summed E-state index contributed by atoms with van der Waals surface area (Å²) in [6.45, 7) is 1.44. The second-order valence-electron chi connectivity index (χ2n) is 3.52. The summed E-state index contributed by atoms with van der Waals surface area (Å²) in [5, 5.41) is 0. The van der Waals surface area contributed by atoms with Gasteiger partial charge in [0, 0.05) is 18.4 Å². The van der Waals surface area contributed by atoms with E-state index >= 15 is 0 Å². The highest BCUT2D eigenvalue weighted by atomic mass is 19.1. The van der Waals surface area contributed by atoms with Crippen molar-refractivity contribution >= 4 is 17.6 Å². The van der Waals surface area contributed by atoms with Gasteiger partial charge in [-0.25, -0.2) is 4.39 Å². The molecule has 0 N–H and O–H groups in total. The van der Waals surface area contributed by atoms with Crippen molar-refractivity contribution in [1.29, 1.82) is 0 Å². The molecule has 0 bridgehead atoms. The molecule has 0 aliphatic heterocycles. The summed E-state index contributed by atoms with van der Waals surface area (Å²) in [6, 6.07) is 6.21. The van der Waals surface area contributed by atoms with Gasteiger partial charge in [0.25, 0.3) is 0 Å². The predicted molar refractivity (Wildman–Crippen MR) is 60.4 cm³/mol. The molecule has 0 saturated heterocycles. The first-order valence-corrected chi connectivity index (χ1v) is 5.04. The van der Waals surface area contributed by atoms with Gasteiger partial charge in [-0.15, -0.1) is 0 Å². The molecule has 1 aromatic carbocycles. The molecule has 0 radical (unpaired) electrons. The van der Waals surface area contributed by atoms with Crippen LogP contribution in [-0.2, 0) is 9.59 Å². The molecular weight excluding hydrogens is 207 g/mol. The number of allylic oxidation sites excluding steroid dienone is 1. The van der Waals surface area contributed by atoms with Gasteiger partial charge < -0.3 is 4.79 Å². The Labute approximate surface area is 93.8 Å². The van der Waals surface area contributed by atoms with Crippen LogP contribution < -0.4 is 0 Å². The molecular formula is C13H13FO2. The largest absolute Gasteiger partial charge is 0.300 e. The maximum absolute atomic E-state index is 13.1. The molecule has 84 valence electrons. The van der Waals surface area contributed by atoms with E-state index in [0.717, 1.165) is 0 Å². The van der Waals surface area contributed by atoms with Crippen LogP contribution in [0, 0.1) is 5.82 Å². The van der Waals surface area contributed by atoms with Crippen LogP contribution in [0.25, 0.3) is 6.08 Å². The Balaban J connectivity index is 2.57. The van der Waals surface area contributed by atoms with Crippen molar-refractivity contribution in [3.05, 3.63) is 41.7 Å². The van der Waals surface area contributed by atoms with Crippen LogP contribution in [0.2, 0.25) is 0 Å². The van der Waals surface area contributed by atoms with Gasteiger partial charge in [0.15, 0.2) is 5.78 Å². The summed E-state index contributed by atoms with van der Waals surface area (Å²) in [4.78, 5) is 21.9. The van der Waals surface area contributed by atoms with Gasteiger partial charge in [-0.3, -0.25) is 4.79 Å². The van der Waals surface area contributed by atoms with Crippen molar-refractivity contribution < 1.29 is 14.0 Å². The third-order valence-electron chi connectivity index (χ3n) is 2.08. The highest BCUT2D eigenvalue weighted by molar-refractivity contribution is 5.95. The summed E-state index contributed by atoms with van der Waals surface area (Å²) in [7, 11) is 0. The maximum atomic E-state index is 13.1. The molecule has 16 heavy (non-hydrogen) atoms. The summed E-state index contributed by atoms with van der Waals surface area (Å²) in [5.41, 5.74) is 0.374. The van der Waals surface area contributed by atoms with Gasteiger partial charge in [-0.2, -0.15) is 0 Å². The second-order valence-corrected chi connectivity index (χ2v) is 3.52. The fraction of sp³-hybridized carbons (Fsp3) is 0.231. The lowest BCUT2D eigenvalue weighted by atomic mass is 10.1. The molecule has 0 aliphatic carbocycles. The molecule has 0 aliphatic rings. The minimum Gasteiger partial charge on any atom is -0.300 e. The highest BCUT2D eigenvalue weighted by Gasteiger charge is 2.01. The van der Waals surface area contributed by atoms with Crippen molar-refractivity contribution in [1.82, 2.24) is 0 Å². The minimum absolute atomic E-state index is 0.0207. The molecule has 0 spiro atoms. The van der Waals surface area contributed by atoms with Gasteiger partial charge in [0.1, 0.15) is 11.6 Å². The Morgan fingerprint density at radius 1 is 1.25 bits per heavy atom. The fourth-order valence-electron chi connectivity index (χ4n) is 1.18. The summed E-state index contributed by atoms with van der Waals surface area (Å²) < 4.78 is 13.1. The zero-order chi connectivity index (χ0) is 12.0. The number of Topliss-reactive ketones (excluding diaryl/α,β-unsaturated/α-hetero) is 1. The molecule has 0 amide bonds. The Bertz CT molecular complexity index is 422. The molecule has 0 saturated carbocycles. The Kier molecular flexibility index (Phi) is 4.58. The molecule has 0 atom stereocenters. The summed E-state index contributed by atoms with van der Waals surface area (Å²) in [6.07, 6.45) is 3.15. The average molecular weight is 220 g/mol. The Morgan fingerprint density at radius 2 is 1.94 bits per heavy atom. The second kappa shape index (κ2) is 5.95. The number of halogens is 1. The molecule has 0 heterocycles. The standard InChI is InChI=1S/C13H13FO2/c1-10(15)6-8-12(16)9-7-11-4-2-3-5-13(11)14/h2-5,7,9H,6,8H2,1H3/b9-7+. The first-order chi connectivity index (χ1) is 7.59. The van der Waals surface area contributed by atoms with Crippen LogP contribution in [0.5, 0.6) is 0 Å². The Morgan fingerprint density at radius 3 is 2.56 bits per heavy atom. The van der Waals surface area contributed by atoms with E-state index < -0.39 is 0 Å². The smallest absolute Gasteiger partial charge is 0.156 e. The normalized spacial score (nSPS) is 10.6. The topological polar surface area (TPSA) is 34.1 Å². The van der Waals surface area contributed by atoms with E-state index in [-0.39, 0.29) is 30.2 Å². The molecule has 2 nitrogen and oxygen atoms in total. The third kappa shape index (κ3) is 4.17. The number of rotatable bonds is 5. The van der Waals surface area contributed by atoms with Crippen LogP contribution in [0.3, 0.4) is 0 Å². The summed E-state index contributed by atoms with van der Waals surface area (Å²) >= 11 is 0. The minimum atomic E-state index is -0.363. The van der Waals surface area contributed by atoms with Gasteiger partial charge >= 0.3 is 0 Å². The van der Waals surface area contributed by atoms with E-state index in [1.165, 1.54) is 25.1 Å². The zero-order valence-electron chi connectivity index (χ0n) is 9.07. The lowest BCUT2D eigenvalue weighted by Gasteiger charge is -1.95. The van der Waals surface area contributed by atoms with Crippen LogP contribution in [0.15, 0.2) is 30.3 Å². The molecule has 0 aromatic heterocycles. The quantitative estimate of drug-likeness (QED) is 0.715. The number of ketones is 2. The van der Waals surface area contributed by atoms with Gasteiger partial charge in [-0.05, 0) is 25.1 Å². The number of carbonyl (C=O) groups excluding carboxylic acids is 2. The lowest BCUT2D eigenvalue weighted by molar-refractivity contribution is -0.120. The highest BCUT2D eigenvalue weighted by Crippen LogP contribution is 2.08. The van der Waals surface area contributed by atoms with E-state index in [2.05, 4.69) is 0 Å². The zero-order valence-corrected chi connectivity index (χ0v) is 9.07. The number of hydrogen-bond donors (Lipinski definition) is 0. The maximum Gasteiger partial charge on any atom is 0.156 e. The number of hydrogen-bond acceptors (Lipinski definition) is 2. The molecule has 1 aromatic rings. The number of carbonyl (C=O) groups is 2. The molecule has 0 fully saturated rings. The lowest BCUT2D eigenvalue weighted by Crippen LogP contribution is -1.97. The first kappa shape index (κ1) is 12.3.